The lowest BCUT2D eigenvalue weighted by Gasteiger charge is -2.25. The molecule has 28 heavy (non-hydrogen) atoms. The molecule has 5 nitrogen and oxygen atoms in total. The summed E-state index contributed by atoms with van der Waals surface area (Å²) in [7, 11) is 1.82. The molecule has 1 heterocycles. The summed E-state index contributed by atoms with van der Waals surface area (Å²) in [5, 5.41) is 5.89. The van der Waals surface area contributed by atoms with E-state index < -0.39 is 0 Å². The number of carbonyl (C=O) groups excluding carboxylic acids is 2. The van der Waals surface area contributed by atoms with Crippen LogP contribution in [0.15, 0.2) is 54.6 Å². The van der Waals surface area contributed by atoms with Gasteiger partial charge in [-0.15, -0.1) is 12.4 Å². The van der Waals surface area contributed by atoms with E-state index in [4.69, 9.17) is 0 Å². The Labute approximate surface area is 172 Å². The maximum atomic E-state index is 13.0. The standard InChI is InChI=1S/C22H27N3O2.ClH/c1-16(15-23-2)21(26)24-19-12-10-18(11-13-19)22(27)25-14-6-9-20(25)17-7-4-3-5-8-17;/h3-5,7-8,10-13,16,20,23H,6,9,14-15H2,1-2H3,(H,24,26);1H. The zero-order chi connectivity index (χ0) is 19.2. The molecule has 2 amide bonds. The van der Waals surface area contributed by atoms with Crippen molar-refractivity contribution in [1.82, 2.24) is 10.2 Å². The molecule has 0 radical (unpaired) electrons. The van der Waals surface area contributed by atoms with E-state index in [0.29, 0.717) is 17.8 Å². The largest absolute Gasteiger partial charge is 0.332 e. The Morgan fingerprint density at radius 1 is 1.11 bits per heavy atom. The van der Waals surface area contributed by atoms with Crippen LogP contribution in [0.2, 0.25) is 0 Å². The van der Waals surface area contributed by atoms with Crippen LogP contribution in [-0.4, -0.2) is 36.9 Å². The van der Waals surface area contributed by atoms with Gasteiger partial charge in [-0.25, -0.2) is 0 Å². The Morgan fingerprint density at radius 2 is 1.79 bits per heavy atom. The molecule has 0 saturated carbocycles. The lowest BCUT2D eigenvalue weighted by Crippen LogP contribution is -2.30. The Balaban J connectivity index is 0.00000280. The number of halogens is 1. The van der Waals surface area contributed by atoms with Crippen LogP contribution in [0, 0.1) is 5.92 Å². The fourth-order valence-electron chi connectivity index (χ4n) is 3.56. The molecule has 2 aromatic carbocycles. The zero-order valence-corrected chi connectivity index (χ0v) is 17.2. The highest BCUT2D eigenvalue weighted by atomic mass is 35.5. The number of carbonyl (C=O) groups is 2. The Morgan fingerprint density at radius 3 is 2.43 bits per heavy atom. The molecule has 0 aliphatic carbocycles. The van der Waals surface area contributed by atoms with Crippen molar-refractivity contribution in [3.8, 4) is 0 Å². The third-order valence-corrected chi connectivity index (χ3v) is 5.06. The molecule has 1 fully saturated rings. The lowest BCUT2D eigenvalue weighted by atomic mass is 10.0. The summed E-state index contributed by atoms with van der Waals surface area (Å²) in [6.45, 7) is 3.28. The normalized spacial score (nSPS) is 16.9. The van der Waals surface area contributed by atoms with Crippen molar-refractivity contribution < 1.29 is 9.59 Å². The predicted octanol–water partition coefficient (Wildman–Crippen LogP) is 3.88. The molecule has 0 aromatic heterocycles. The molecule has 2 aromatic rings. The van der Waals surface area contributed by atoms with Crippen molar-refractivity contribution in [3.05, 3.63) is 65.7 Å². The quantitative estimate of drug-likeness (QED) is 0.772. The van der Waals surface area contributed by atoms with E-state index in [0.717, 1.165) is 19.4 Å². The van der Waals surface area contributed by atoms with Crippen LogP contribution >= 0.6 is 12.4 Å². The molecule has 150 valence electrons. The smallest absolute Gasteiger partial charge is 0.254 e. The van der Waals surface area contributed by atoms with E-state index >= 15 is 0 Å². The molecule has 6 heteroatoms. The minimum Gasteiger partial charge on any atom is -0.332 e. The van der Waals surface area contributed by atoms with E-state index in [9.17, 15) is 9.59 Å². The zero-order valence-electron chi connectivity index (χ0n) is 16.4. The molecule has 2 N–H and O–H groups in total. The van der Waals surface area contributed by atoms with E-state index in [1.54, 1.807) is 24.3 Å². The van der Waals surface area contributed by atoms with E-state index in [1.807, 2.05) is 37.1 Å². The third kappa shape index (κ3) is 5.12. The van der Waals surface area contributed by atoms with Gasteiger partial charge in [-0.3, -0.25) is 9.59 Å². The van der Waals surface area contributed by atoms with Gasteiger partial charge >= 0.3 is 0 Å². The van der Waals surface area contributed by atoms with Gasteiger partial charge in [0.1, 0.15) is 0 Å². The number of nitrogens with zero attached hydrogens (tertiary/aromatic N) is 1. The first kappa shape index (κ1) is 21.9. The number of hydrogen-bond donors (Lipinski definition) is 2. The molecule has 0 bridgehead atoms. The van der Waals surface area contributed by atoms with Crippen LogP contribution in [0.4, 0.5) is 5.69 Å². The molecular formula is C22H28ClN3O2. The van der Waals surface area contributed by atoms with Gasteiger partial charge in [-0.1, -0.05) is 37.3 Å². The van der Waals surface area contributed by atoms with E-state index in [2.05, 4.69) is 22.8 Å². The fraction of sp³-hybridized carbons (Fsp3) is 0.364. The van der Waals surface area contributed by atoms with Crippen molar-refractivity contribution in [2.45, 2.75) is 25.8 Å². The number of benzene rings is 2. The van der Waals surface area contributed by atoms with E-state index in [1.165, 1.54) is 5.56 Å². The molecule has 3 rings (SSSR count). The van der Waals surface area contributed by atoms with Crippen LogP contribution < -0.4 is 10.6 Å². The van der Waals surface area contributed by atoms with Gasteiger partial charge in [0.2, 0.25) is 5.91 Å². The second-order valence-corrected chi connectivity index (χ2v) is 7.09. The van der Waals surface area contributed by atoms with Gasteiger partial charge in [0.15, 0.2) is 0 Å². The first-order valence-electron chi connectivity index (χ1n) is 9.51. The highest BCUT2D eigenvalue weighted by Crippen LogP contribution is 2.33. The topological polar surface area (TPSA) is 61.4 Å². The van der Waals surface area contributed by atoms with Crippen molar-refractivity contribution in [3.63, 3.8) is 0 Å². The monoisotopic (exact) mass is 401 g/mol. The second kappa shape index (κ2) is 10.2. The minimum absolute atomic E-state index is 0. The molecule has 1 aliphatic heterocycles. The van der Waals surface area contributed by atoms with Gasteiger partial charge in [-0.05, 0) is 49.7 Å². The van der Waals surface area contributed by atoms with Gasteiger partial charge < -0.3 is 15.5 Å². The molecule has 1 aliphatic rings. The maximum Gasteiger partial charge on any atom is 0.254 e. The first-order chi connectivity index (χ1) is 13.1. The second-order valence-electron chi connectivity index (χ2n) is 7.09. The van der Waals surface area contributed by atoms with Crippen LogP contribution in [0.3, 0.4) is 0 Å². The van der Waals surface area contributed by atoms with Crippen molar-refractivity contribution >= 4 is 29.9 Å². The van der Waals surface area contributed by atoms with Crippen molar-refractivity contribution in [2.75, 3.05) is 25.5 Å². The Kier molecular flexibility index (Phi) is 8.03. The number of anilines is 1. The average Bonchev–Trinajstić information content (AvgIpc) is 3.18. The van der Waals surface area contributed by atoms with Crippen LogP contribution in [-0.2, 0) is 4.79 Å². The van der Waals surface area contributed by atoms with Gasteiger partial charge in [0.05, 0.1) is 6.04 Å². The van der Waals surface area contributed by atoms with Crippen molar-refractivity contribution in [2.24, 2.45) is 5.92 Å². The molecule has 1 saturated heterocycles. The summed E-state index contributed by atoms with van der Waals surface area (Å²) in [5.74, 6) is -0.109. The summed E-state index contributed by atoms with van der Waals surface area (Å²) in [4.78, 5) is 27.0. The molecule has 0 spiro atoms. The van der Waals surface area contributed by atoms with Crippen molar-refractivity contribution in [1.29, 1.82) is 0 Å². The highest BCUT2D eigenvalue weighted by Gasteiger charge is 2.30. The van der Waals surface area contributed by atoms with Gasteiger partial charge in [-0.2, -0.15) is 0 Å². The number of hydrogen-bond acceptors (Lipinski definition) is 3. The Hall–Kier alpha value is -2.37. The van der Waals surface area contributed by atoms with Crippen LogP contribution in [0.25, 0.3) is 0 Å². The fourth-order valence-corrected chi connectivity index (χ4v) is 3.56. The maximum absolute atomic E-state index is 13.0. The molecule has 2 atom stereocenters. The number of likely N-dealkylation sites (tertiary alicyclic amines) is 1. The number of rotatable bonds is 6. The lowest BCUT2D eigenvalue weighted by molar-refractivity contribution is -0.119. The van der Waals surface area contributed by atoms with Gasteiger partial charge in [0.25, 0.3) is 5.91 Å². The number of nitrogens with one attached hydrogen (secondary N) is 2. The van der Waals surface area contributed by atoms with Crippen LogP contribution in [0.5, 0.6) is 0 Å². The summed E-state index contributed by atoms with van der Waals surface area (Å²) in [6, 6.07) is 17.5. The summed E-state index contributed by atoms with van der Waals surface area (Å²) in [5.41, 5.74) is 2.55. The van der Waals surface area contributed by atoms with E-state index in [-0.39, 0.29) is 36.2 Å². The van der Waals surface area contributed by atoms with Gasteiger partial charge in [0, 0.05) is 30.3 Å². The average molecular weight is 402 g/mol. The summed E-state index contributed by atoms with van der Waals surface area (Å²) >= 11 is 0. The Bertz CT molecular complexity index is 780. The highest BCUT2D eigenvalue weighted by molar-refractivity contribution is 5.96. The SMILES string of the molecule is CNCC(C)C(=O)Nc1ccc(C(=O)N2CCCC2c2ccccc2)cc1.Cl. The molecule has 2 unspecified atom stereocenters. The minimum atomic E-state index is -0.118. The first-order valence-corrected chi connectivity index (χ1v) is 9.51. The number of amides is 2. The molecular weight excluding hydrogens is 374 g/mol. The summed E-state index contributed by atoms with van der Waals surface area (Å²) in [6.07, 6.45) is 2.01. The summed E-state index contributed by atoms with van der Waals surface area (Å²) < 4.78 is 0. The third-order valence-electron chi connectivity index (χ3n) is 5.06. The predicted molar refractivity (Wildman–Crippen MR) is 115 cm³/mol. The van der Waals surface area contributed by atoms with Crippen LogP contribution in [0.1, 0.15) is 41.7 Å².